The van der Waals surface area contributed by atoms with E-state index >= 15 is 0 Å². The van der Waals surface area contributed by atoms with Crippen molar-refractivity contribution in [3.63, 3.8) is 0 Å². The molecule has 5 nitrogen and oxygen atoms in total. The van der Waals surface area contributed by atoms with Crippen LogP contribution in [0.4, 0.5) is 10.2 Å². The number of anilines is 1. The van der Waals surface area contributed by atoms with E-state index in [1.165, 1.54) is 12.1 Å². The molecule has 0 saturated carbocycles. The van der Waals surface area contributed by atoms with E-state index < -0.39 is 0 Å². The lowest BCUT2D eigenvalue weighted by atomic mass is 10.0. The van der Waals surface area contributed by atoms with Crippen LogP contribution in [0.5, 0.6) is 0 Å². The van der Waals surface area contributed by atoms with Gasteiger partial charge in [0.25, 0.3) is 0 Å². The predicted octanol–water partition coefficient (Wildman–Crippen LogP) is 2.81. The van der Waals surface area contributed by atoms with Crippen molar-refractivity contribution in [2.75, 3.05) is 18.5 Å². The van der Waals surface area contributed by atoms with Gasteiger partial charge in [-0.15, -0.1) is 0 Å². The number of aryl methyl sites for hydroxylation is 2. The summed E-state index contributed by atoms with van der Waals surface area (Å²) in [4.78, 5) is 4.62. The number of aliphatic hydroxyl groups is 1. The molecule has 0 spiro atoms. The first-order chi connectivity index (χ1) is 11.1. The van der Waals surface area contributed by atoms with Crippen molar-refractivity contribution in [1.82, 2.24) is 14.6 Å². The van der Waals surface area contributed by atoms with Crippen LogP contribution in [0.25, 0.3) is 16.8 Å². The topological polar surface area (TPSA) is 62.5 Å². The fourth-order valence-electron chi connectivity index (χ4n) is 2.65. The molecule has 0 aliphatic rings. The fourth-order valence-corrected chi connectivity index (χ4v) is 2.65. The van der Waals surface area contributed by atoms with E-state index in [1.807, 2.05) is 19.9 Å². The highest BCUT2D eigenvalue weighted by molar-refractivity contribution is 5.81. The summed E-state index contributed by atoms with van der Waals surface area (Å²) in [5, 5.41) is 16.8. The molecule has 0 saturated heterocycles. The summed E-state index contributed by atoms with van der Waals surface area (Å²) in [6.45, 7) is 4.42. The number of fused-ring (bicyclic) bond motifs is 1. The second-order valence-electron chi connectivity index (χ2n) is 5.35. The third-order valence-corrected chi connectivity index (χ3v) is 3.68. The maximum atomic E-state index is 13.2. The molecule has 120 valence electrons. The highest BCUT2D eigenvalue weighted by Crippen LogP contribution is 2.30. The van der Waals surface area contributed by atoms with Gasteiger partial charge < -0.3 is 10.4 Å². The van der Waals surface area contributed by atoms with Crippen molar-refractivity contribution in [3.05, 3.63) is 47.5 Å². The number of aromatic nitrogens is 3. The van der Waals surface area contributed by atoms with Gasteiger partial charge in [-0.2, -0.15) is 9.61 Å². The molecule has 0 unspecified atom stereocenters. The Hall–Kier alpha value is -2.47. The molecule has 6 heteroatoms. The van der Waals surface area contributed by atoms with Crippen LogP contribution in [0, 0.1) is 12.7 Å². The summed E-state index contributed by atoms with van der Waals surface area (Å²) >= 11 is 0. The van der Waals surface area contributed by atoms with Crippen molar-refractivity contribution in [2.24, 2.45) is 0 Å². The highest BCUT2D eigenvalue weighted by Gasteiger charge is 2.17. The minimum Gasteiger partial charge on any atom is -0.395 e. The van der Waals surface area contributed by atoms with Crippen molar-refractivity contribution in [2.45, 2.75) is 20.3 Å². The number of aliphatic hydroxyl groups excluding tert-OH is 1. The Labute approximate surface area is 133 Å². The van der Waals surface area contributed by atoms with Crippen molar-refractivity contribution >= 4 is 11.5 Å². The predicted molar refractivity (Wildman–Crippen MR) is 88.1 cm³/mol. The maximum absolute atomic E-state index is 13.2. The standard InChI is InChI=1S/C17H19FN4O/c1-3-14-16(12-4-6-13(18)7-5-12)17-20-11(2)10-15(19-8-9-23)22(17)21-14/h4-7,10,19,23H,3,8-9H2,1-2H3. The normalized spacial score (nSPS) is 11.1. The zero-order chi connectivity index (χ0) is 16.4. The summed E-state index contributed by atoms with van der Waals surface area (Å²) in [6, 6.07) is 8.27. The zero-order valence-corrected chi connectivity index (χ0v) is 13.2. The number of nitrogens with zero attached hydrogens (tertiary/aromatic N) is 3. The van der Waals surface area contributed by atoms with Gasteiger partial charge in [-0.1, -0.05) is 19.1 Å². The maximum Gasteiger partial charge on any atom is 0.165 e. The first kappa shape index (κ1) is 15.4. The molecule has 3 rings (SSSR count). The lowest BCUT2D eigenvalue weighted by Crippen LogP contribution is -2.10. The monoisotopic (exact) mass is 314 g/mol. The third-order valence-electron chi connectivity index (χ3n) is 3.68. The van der Waals surface area contributed by atoms with Gasteiger partial charge >= 0.3 is 0 Å². The molecule has 0 aliphatic carbocycles. The average Bonchev–Trinajstić information content (AvgIpc) is 2.92. The van der Waals surface area contributed by atoms with Crippen LogP contribution in [0.15, 0.2) is 30.3 Å². The summed E-state index contributed by atoms with van der Waals surface area (Å²) in [5.41, 5.74) is 4.30. The Morgan fingerprint density at radius 2 is 2.00 bits per heavy atom. The molecule has 0 atom stereocenters. The molecular weight excluding hydrogens is 295 g/mol. The number of nitrogens with one attached hydrogen (secondary N) is 1. The number of halogens is 1. The second kappa shape index (κ2) is 6.34. The third kappa shape index (κ3) is 2.90. The second-order valence-corrected chi connectivity index (χ2v) is 5.35. The molecule has 0 aliphatic heterocycles. The Bertz CT molecular complexity index is 827. The Balaban J connectivity index is 2.24. The van der Waals surface area contributed by atoms with Crippen LogP contribution in [0.2, 0.25) is 0 Å². The summed E-state index contributed by atoms with van der Waals surface area (Å²) in [5.74, 6) is 0.516. The number of rotatable bonds is 5. The van der Waals surface area contributed by atoms with Gasteiger partial charge in [0.1, 0.15) is 11.6 Å². The quantitative estimate of drug-likeness (QED) is 0.760. The first-order valence-corrected chi connectivity index (χ1v) is 7.64. The van der Waals surface area contributed by atoms with Crippen LogP contribution < -0.4 is 5.32 Å². The van der Waals surface area contributed by atoms with E-state index in [1.54, 1.807) is 16.6 Å². The van der Waals surface area contributed by atoms with Gasteiger partial charge in [0.15, 0.2) is 5.65 Å². The summed E-state index contributed by atoms with van der Waals surface area (Å²) < 4.78 is 15.0. The molecule has 0 radical (unpaired) electrons. The molecule has 2 heterocycles. The average molecular weight is 314 g/mol. The lowest BCUT2D eigenvalue weighted by molar-refractivity contribution is 0.311. The Morgan fingerprint density at radius 3 is 2.65 bits per heavy atom. The summed E-state index contributed by atoms with van der Waals surface area (Å²) in [7, 11) is 0. The number of hydrogen-bond acceptors (Lipinski definition) is 4. The van der Waals surface area contributed by atoms with Crippen LogP contribution in [-0.4, -0.2) is 32.9 Å². The molecular formula is C17H19FN4O. The SMILES string of the molecule is CCc1nn2c(NCCO)cc(C)nc2c1-c1ccc(F)cc1. The molecule has 3 aromatic rings. The van der Waals surface area contributed by atoms with Gasteiger partial charge in [-0.3, -0.25) is 0 Å². The molecule has 0 bridgehead atoms. The van der Waals surface area contributed by atoms with E-state index in [-0.39, 0.29) is 12.4 Å². The molecule has 1 aromatic carbocycles. The Kier molecular flexibility index (Phi) is 4.25. The fraction of sp³-hybridized carbons (Fsp3) is 0.294. The molecule has 0 amide bonds. The van der Waals surface area contributed by atoms with Crippen LogP contribution >= 0.6 is 0 Å². The van der Waals surface area contributed by atoms with Crippen LogP contribution in [0.1, 0.15) is 18.3 Å². The van der Waals surface area contributed by atoms with Crippen molar-refractivity contribution < 1.29 is 9.50 Å². The first-order valence-electron chi connectivity index (χ1n) is 7.64. The largest absolute Gasteiger partial charge is 0.395 e. The summed E-state index contributed by atoms with van der Waals surface area (Å²) in [6.07, 6.45) is 0.745. The lowest BCUT2D eigenvalue weighted by Gasteiger charge is -2.08. The molecule has 2 aromatic heterocycles. The molecule has 23 heavy (non-hydrogen) atoms. The minimum atomic E-state index is -0.266. The van der Waals surface area contributed by atoms with Gasteiger partial charge in [0.2, 0.25) is 0 Å². The van der Waals surface area contributed by atoms with E-state index in [9.17, 15) is 4.39 Å². The van der Waals surface area contributed by atoms with E-state index in [0.29, 0.717) is 6.54 Å². The van der Waals surface area contributed by atoms with Crippen LogP contribution in [0.3, 0.4) is 0 Å². The zero-order valence-electron chi connectivity index (χ0n) is 13.2. The molecule has 0 fully saturated rings. The number of benzene rings is 1. The molecule has 2 N–H and O–H groups in total. The van der Waals surface area contributed by atoms with E-state index in [0.717, 1.165) is 40.4 Å². The smallest absolute Gasteiger partial charge is 0.165 e. The van der Waals surface area contributed by atoms with Gasteiger partial charge in [-0.05, 0) is 31.0 Å². The van der Waals surface area contributed by atoms with E-state index in [2.05, 4.69) is 15.4 Å². The van der Waals surface area contributed by atoms with Gasteiger partial charge in [0.05, 0.1) is 12.3 Å². The van der Waals surface area contributed by atoms with Crippen molar-refractivity contribution in [3.8, 4) is 11.1 Å². The van der Waals surface area contributed by atoms with Crippen molar-refractivity contribution in [1.29, 1.82) is 0 Å². The van der Waals surface area contributed by atoms with Crippen LogP contribution in [-0.2, 0) is 6.42 Å². The number of hydrogen-bond donors (Lipinski definition) is 2. The highest BCUT2D eigenvalue weighted by atomic mass is 19.1. The van der Waals surface area contributed by atoms with Gasteiger partial charge in [0, 0.05) is 23.9 Å². The minimum absolute atomic E-state index is 0.0373. The van der Waals surface area contributed by atoms with E-state index in [4.69, 9.17) is 5.11 Å². The van der Waals surface area contributed by atoms with Gasteiger partial charge in [-0.25, -0.2) is 9.37 Å². The Morgan fingerprint density at radius 1 is 1.26 bits per heavy atom.